The molecular formula is C30H31N5O4. The molecule has 4 heterocycles. The van der Waals surface area contributed by atoms with Gasteiger partial charge in [-0.3, -0.25) is 9.48 Å². The lowest BCUT2D eigenvalue weighted by Crippen LogP contribution is -2.40. The lowest BCUT2D eigenvalue weighted by Gasteiger charge is -2.35. The zero-order valence-electron chi connectivity index (χ0n) is 22.3. The first-order chi connectivity index (χ1) is 18.8. The van der Waals surface area contributed by atoms with E-state index in [1.807, 2.05) is 63.5 Å². The van der Waals surface area contributed by atoms with Crippen LogP contribution in [-0.2, 0) is 24.8 Å². The molecule has 1 amide bonds. The molecule has 0 saturated heterocycles. The number of rotatable bonds is 8. The number of carbonyl (C=O) groups excluding carboxylic acids is 1. The molecule has 1 aliphatic carbocycles. The van der Waals surface area contributed by atoms with E-state index >= 15 is 0 Å². The highest BCUT2D eigenvalue weighted by Gasteiger charge is 2.36. The molecule has 1 aliphatic heterocycles. The first kappa shape index (κ1) is 25.1. The number of nitrogens with one attached hydrogen (secondary N) is 1. The minimum atomic E-state index is -0.395. The standard InChI is InChI=1S/C30H31N5O4/c1-30(2)15-20-12-24(27(36)33-26-11-7-10-25(32-26)21-16-31-35(3)17-21)29(34-28(20)39-30)38-23-13-22(14-23)37-18-19-8-5-4-6-9-19/h4-12,16-17,22-23H,13-15,18H2,1-3H3,(H,32,33,36)/t22-,23+. The third-order valence-corrected chi connectivity index (χ3v) is 6.91. The number of nitrogens with zero attached hydrogens (tertiary/aromatic N) is 4. The van der Waals surface area contributed by atoms with Crippen LogP contribution in [0.15, 0.2) is 67.0 Å². The maximum absolute atomic E-state index is 13.5. The Morgan fingerprint density at radius 3 is 2.69 bits per heavy atom. The molecule has 6 rings (SSSR count). The predicted octanol–water partition coefficient (Wildman–Crippen LogP) is 4.97. The Bertz CT molecular complexity index is 1490. The van der Waals surface area contributed by atoms with E-state index in [0.717, 1.165) is 35.2 Å². The van der Waals surface area contributed by atoms with Crippen LogP contribution in [0.2, 0.25) is 0 Å². The monoisotopic (exact) mass is 525 g/mol. The first-order valence-corrected chi connectivity index (χ1v) is 13.1. The van der Waals surface area contributed by atoms with E-state index in [-0.39, 0.29) is 24.0 Å². The molecule has 200 valence electrons. The van der Waals surface area contributed by atoms with Crippen molar-refractivity contribution in [3.63, 3.8) is 0 Å². The van der Waals surface area contributed by atoms with Crippen LogP contribution in [0.1, 0.15) is 48.2 Å². The molecule has 3 aromatic heterocycles. The van der Waals surface area contributed by atoms with Crippen molar-refractivity contribution in [3.05, 3.63) is 83.7 Å². The van der Waals surface area contributed by atoms with Gasteiger partial charge in [0.2, 0.25) is 11.8 Å². The van der Waals surface area contributed by atoms with Crippen LogP contribution in [0.5, 0.6) is 11.8 Å². The van der Waals surface area contributed by atoms with Crippen molar-refractivity contribution in [1.82, 2.24) is 19.7 Å². The Hall–Kier alpha value is -4.24. The molecule has 2 aliphatic rings. The van der Waals surface area contributed by atoms with Crippen LogP contribution < -0.4 is 14.8 Å². The predicted molar refractivity (Wildman–Crippen MR) is 146 cm³/mol. The third-order valence-electron chi connectivity index (χ3n) is 6.91. The number of hydrogen-bond acceptors (Lipinski definition) is 7. The number of aryl methyl sites for hydroxylation is 1. The number of aromatic nitrogens is 4. The van der Waals surface area contributed by atoms with Crippen LogP contribution in [-0.4, -0.2) is 43.5 Å². The van der Waals surface area contributed by atoms with Crippen molar-refractivity contribution in [3.8, 4) is 23.0 Å². The summed E-state index contributed by atoms with van der Waals surface area (Å²) in [5, 5.41) is 7.13. The Kier molecular flexibility index (Phi) is 6.52. The lowest BCUT2D eigenvalue weighted by molar-refractivity contribution is -0.0697. The second-order valence-electron chi connectivity index (χ2n) is 10.7. The van der Waals surface area contributed by atoms with Gasteiger partial charge in [-0.25, -0.2) is 4.98 Å². The van der Waals surface area contributed by atoms with Crippen LogP contribution in [0.25, 0.3) is 11.3 Å². The van der Waals surface area contributed by atoms with Gasteiger partial charge in [0.05, 0.1) is 24.6 Å². The van der Waals surface area contributed by atoms with Gasteiger partial charge in [0.1, 0.15) is 23.1 Å². The van der Waals surface area contributed by atoms with Gasteiger partial charge in [0, 0.05) is 43.6 Å². The molecule has 0 atom stereocenters. The van der Waals surface area contributed by atoms with Gasteiger partial charge in [-0.1, -0.05) is 36.4 Å². The van der Waals surface area contributed by atoms with E-state index in [2.05, 4.69) is 32.5 Å². The number of carbonyl (C=O) groups is 1. The summed E-state index contributed by atoms with van der Waals surface area (Å²) < 4.78 is 20.0. The summed E-state index contributed by atoms with van der Waals surface area (Å²) in [6.45, 7) is 4.57. The fourth-order valence-corrected chi connectivity index (χ4v) is 4.84. The van der Waals surface area contributed by atoms with Crippen LogP contribution in [0.3, 0.4) is 0 Å². The fourth-order valence-electron chi connectivity index (χ4n) is 4.84. The number of hydrogen-bond donors (Lipinski definition) is 1. The molecule has 1 fully saturated rings. The van der Waals surface area contributed by atoms with E-state index in [4.69, 9.17) is 14.2 Å². The molecule has 0 bridgehead atoms. The van der Waals surface area contributed by atoms with E-state index in [9.17, 15) is 4.79 Å². The van der Waals surface area contributed by atoms with E-state index in [0.29, 0.717) is 30.3 Å². The molecule has 9 heteroatoms. The van der Waals surface area contributed by atoms with E-state index < -0.39 is 5.60 Å². The van der Waals surface area contributed by atoms with Crippen molar-refractivity contribution in [2.24, 2.45) is 7.05 Å². The Morgan fingerprint density at radius 2 is 1.92 bits per heavy atom. The Balaban J connectivity index is 1.17. The minimum Gasteiger partial charge on any atom is -0.473 e. The molecule has 9 nitrogen and oxygen atoms in total. The maximum atomic E-state index is 13.5. The topological polar surface area (TPSA) is 100 Å². The molecule has 0 spiro atoms. The zero-order chi connectivity index (χ0) is 27.0. The highest BCUT2D eigenvalue weighted by Crippen LogP contribution is 2.38. The van der Waals surface area contributed by atoms with Crippen molar-refractivity contribution in [1.29, 1.82) is 0 Å². The number of anilines is 1. The van der Waals surface area contributed by atoms with Crippen LogP contribution >= 0.6 is 0 Å². The summed E-state index contributed by atoms with van der Waals surface area (Å²) in [6.07, 6.45) is 5.74. The van der Waals surface area contributed by atoms with Crippen LogP contribution in [0, 0.1) is 0 Å². The number of amides is 1. The highest BCUT2D eigenvalue weighted by molar-refractivity contribution is 6.05. The SMILES string of the molecule is Cn1cc(-c2cccc(NC(=O)c3cc4c(nc3O[C@H]3C[C@@H](OCc5ccccc5)C3)OC(C)(C)C4)n2)cn1. The second kappa shape index (κ2) is 10.1. The molecule has 4 aromatic rings. The second-order valence-corrected chi connectivity index (χ2v) is 10.7. The fraction of sp³-hybridized carbons (Fsp3) is 0.333. The lowest BCUT2D eigenvalue weighted by atomic mass is 9.92. The van der Waals surface area contributed by atoms with Crippen molar-refractivity contribution in [2.45, 2.75) is 57.5 Å². The van der Waals surface area contributed by atoms with Gasteiger partial charge >= 0.3 is 0 Å². The van der Waals surface area contributed by atoms with E-state index in [1.165, 1.54) is 0 Å². The Morgan fingerprint density at radius 1 is 1.10 bits per heavy atom. The van der Waals surface area contributed by atoms with Crippen molar-refractivity contribution >= 4 is 11.7 Å². The number of ether oxygens (including phenoxy) is 3. The smallest absolute Gasteiger partial charge is 0.262 e. The maximum Gasteiger partial charge on any atom is 0.262 e. The third kappa shape index (κ3) is 5.63. The summed E-state index contributed by atoms with van der Waals surface area (Å²) in [5.74, 6) is 0.873. The quantitative estimate of drug-likeness (QED) is 0.347. The summed E-state index contributed by atoms with van der Waals surface area (Å²) in [7, 11) is 1.85. The van der Waals surface area contributed by atoms with Gasteiger partial charge in [-0.15, -0.1) is 0 Å². The number of fused-ring (bicyclic) bond motifs is 1. The summed E-state index contributed by atoms with van der Waals surface area (Å²) in [5.41, 5.74) is 3.57. The molecular weight excluding hydrogens is 494 g/mol. The molecule has 0 unspecified atom stereocenters. The normalized spacial score (nSPS) is 19.1. The van der Waals surface area contributed by atoms with Gasteiger partial charge in [0.25, 0.3) is 5.91 Å². The summed E-state index contributed by atoms with van der Waals surface area (Å²) >= 11 is 0. The highest BCUT2D eigenvalue weighted by atomic mass is 16.5. The first-order valence-electron chi connectivity index (χ1n) is 13.1. The van der Waals surface area contributed by atoms with Gasteiger partial charge in [-0.05, 0) is 37.6 Å². The Labute approximate surface area is 227 Å². The summed E-state index contributed by atoms with van der Waals surface area (Å²) in [4.78, 5) is 22.8. The number of pyridine rings is 2. The van der Waals surface area contributed by atoms with Gasteiger partial charge < -0.3 is 19.5 Å². The minimum absolute atomic E-state index is 0.0932. The van der Waals surface area contributed by atoms with E-state index in [1.54, 1.807) is 16.9 Å². The van der Waals surface area contributed by atoms with Gasteiger partial charge in [0.15, 0.2) is 0 Å². The van der Waals surface area contributed by atoms with Gasteiger partial charge in [-0.2, -0.15) is 10.1 Å². The van der Waals surface area contributed by atoms with Crippen molar-refractivity contribution < 1.29 is 19.0 Å². The molecule has 39 heavy (non-hydrogen) atoms. The van der Waals surface area contributed by atoms with Crippen molar-refractivity contribution in [2.75, 3.05) is 5.32 Å². The summed E-state index contributed by atoms with van der Waals surface area (Å²) in [6, 6.07) is 17.4. The average molecular weight is 526 g/mol. The molecule has 1 aromatic carbocycles. The zero-order valence-corrected chi connectivity index (χ0v) is 22.3. The molecule has 1 saturated carbocycles. The molecule has 1 N–H and O–H groups in total. The van der Waals surface area contributed by atoms with Crippen LogP contribution in [0.4, 0.5) is 5.82 Å². The molecule has 0 radical (unpaired) electrons. The average Bonchev–Trinajstić information content (AvgIpc) is 3.46. The number of benzene rings is 1. The largest absolute Gasteiger partial charge is 0.473 e.